The highest BCUT2D eigenvalue weighted by molar-refractivity contribution is 5.91. The van der Waals surface area contributed by atoms with Gasteiger partial charge in [-0.15, -0.1) is 0 Å². The van der Waals surface area contributed by atoms with Crippen molar-refractivity contribution in [2.75, 3.05) is 5.32 Å². The summed E-state index contributed by atoms with van der Waals surface area (Å²) in [4.78, 5) is 12.1. The van der Waals surface area contributed by atoms with Crippen LogP contribution < -0.4 is 10.1 Å². The maximum atomic E-state index is 13.6. The van der Waals surface area contributed by atoms with Crippen LogP contribution in [0.4, 0.5) is 10.1 Å². The fourth-order valence-electron chi connectivity index (χ4n) is 2.83. The van der Waals surface area contributed by atoms with E-state index in [1.54, 1.807) is 18.2 Å². The number of halogens is 1. The van der Waals surface area contributed by atoms with Crippen LogP contribution in [0.15, 0.2) is 48.5 Å². The fraction of sp³-hybridized carbons (Fsp3) is 0.211. The van der Waals surface area contributed by atoms with Gasteiger partial charge in [0.1, 0.15) is 11.6 Å². The maximum absolute atomic E-state index is 13.6. The summed E-state index contributed by atoms with van der Waals surface area (Å²) in [5.41, 5.74) is 2.87. The Labute approximate surface area is 134 Å². The number of carbonyl (C=O) groups excluding carboxylic acids is 1. The zero-order valence-corrected chi connectivity index (χ0v) is 13.3. The van der Waals surface area contributed by atoms with E-state index in [1.165, 1.54) is 18.2 Å². The number of carbonyl (C=O) groups is 1. The van der Waals surface area contributed by atoms with Crippen molar-refractivity contribution >= 4 is 17.2 Å². The minimum atomic E-state index is -0.703. The van der Waals surface area contributed by atoms with Crippen molar-refractivity contribution in [3.8, 4) is 5.75 Å². The molecule has 2 aromatic rings. The first kappa shape index (κ1) is 15.3. The number of fused-ring (bicyclic) bond motifs is 1. The van der Waals surface area contributed by atoms with Gasteiger partial charge in [0.05, 0.1) is 11.1 Å². The van der Waals surface area contributed by atoms with E-state index in [4.69, 9.17) is 4.74 Å². The number of hydrogen-bond acceptors (Lipinski definition) is 3. The molecule has 1 aliphatic rings. The molecule has 2 aromatic carbocycles. The molecule has 1 N–H and O–H groups in total. The molecule has 0 unspecified atom stereocenters. The molecule has 1 aliphatic heterocycles. The molecule has 0 radical (unpaired) electrons. The summed E-state index contributed by atoms with van der Waals surface area (Å²) < 4.78 is 19.0. The van der Waals surface area contributed by atoms with Crippen LogP contribution in [0, 0.1) is 5.82 Å². The molecule has 0 aromatic heterocycles. The SMILES string of the molecule is CC1=CC(C)(C)Nc2cc(OC(=O)c3ccccc3F)ccc21. The third-order valence-electron chi connectivity index (χ3n) is 3.75. The molecule has 0 spiro atoms. The fourth-order valence-corrected chi connectivity index (χ4v) is 2.83. The van der Waals surface area contributed by atoms with Crippen LogP contribution in [0.5, 0.6) is 5.75 Å². The number of benzene rings is 2. The monoisotopic (exact) mass is 311 g/mol. The molecule has 118 valence electrons. The molecule has 1 heterocycles. The van der Waals surface area contributed by atoms with Gasteiger partial charge < -0.3 is 10.1 Å². The summed E-state index contributed by atoms with van der Waals surface area (Å²) in [6, 6.07) is 11.2. The predicted octanol–water partition coefficient (Wildman–Crippen LogP) is 4.65. The average Bonchev–Trinajstić information content (AvgIpc) is 2.45. The predicted molar refractivity (Wildman–Crippen MR) is 89.2 cm³/mol. The van der Waals surface area contributed by atoms with Crippen molar-refractivity contribution in [1.82, 2.24) is 0 Å². The van der Waals surface area contributed by atoms with Gasteiger partial charge in [-0.05, 0) is 50.6 Å². The zero-order valence-electron chi connectivity index (χ0n) is 13.3. The first-order chi connectivity index (χ1) is 10.9. The number of allylic oxidation sites excluding steroid dienone is 1. The van der Waals surface area contributed by atoms with E-state index in [-0.39, 0.29) is 11.1 Å². The third-order valence-corrected chi connectivity index (χ3v) is 3.75. The van der Waals surface area contributed by atoms with Crippen molar-refractivity contribution < 1.29 is 13.9 Å². The topological polar surface area (TPSA) is 38.3 Å². The first-order valence-corrected chi connectivity index (χ1v) is 7.44. The van der Waals surface area contributed by atoms with E-state index < -0.39 is 11.8 Å². The smallest absolute Gasteiger partial charge is 0.346 e. The number of ether oxygens (including phenoxy) is 1. The van der Waals surface area contributed by atoms with Crippen molar-refractivity contribution in [2.24, 2.45) is 0 Å². The van der Waals surface area contributed by atoms with Crippen molar-refractivity contribution in [3.63, 3.8) is 0 Å². The largest absolute Gasteiger partial charge is 0.423 e. The Kier molecular flexibility index (Phi) is 3.68. The van der Waals surface area contributed by atoms with E-state index in [0.717, 1.165) is 16.8 Å². The summed E-state index contributed by atoms with van der Waals surface area (Å²) >= 11 is 0. The third kappa shape index (κ3) is 3.11. The van der Waals surface area contributed by atoms with Crippen molar-refractivity contribution in [3.05, 3.63) is 65.5 Å². The summed E-state index contributed by atoms with van der Waals surface area (Å²) in [5.74, 6) is -0.908. The second-order valence-corrected chi connectivity index (χ2v) is 6.25. The van der Waals surface area contributed by atoms with Gasteiger partial charge in [0.2, 0.25) is 0 Å². The zero-order chi connectivity index (χ0) is 16.6. The Balaban J connectivity index is 1.88. The molecule has 3 nitrogen and oxygen atoms in total. The highest BCUT2D eigenvalue weighted by Gasteiger charge is 2.23. The Hall–Kier alpha value is -2.62. The van der Waals surface area contributed by atoms with Crippen LogP contribution in [-0.4, -0.2) is 11.5 Å². The standard InChI is InChI=1S/C19H18FNO2/c1-12-11-19(2,3)21-17-10-13(8-9-14(12)17)23-18(22)15-6-4-5-7-16(15)20/h4-11,21H,1-3H3. The van der Waals surface area contributed by atoms with Gasteiger partial charge in [-0.1, -0.05) is 18.2 Å². The van der Waals surface area contributed by atoms with Gasteiger partial charge >= 0.3 is 5.97 Å². The van der Waals surface area contributed by atoms with Crippen LogP contribution in [0.1, 0.15) is 36.7 Å². The average molecular weight is 311 g/mol. The minimum Gasteiger partial charge on any atom is -0.423 e. The quantitative estimate of drug-likeness (QED) is 0.648. The molecule has 0 aliphatic carbocycles. The molecule has 3 rings (SSSR count). The highest BCUT2D eigenvalue weighted by atomic mass is 19.1. The van der Waals surface area contributed by atoms with Gasteiger partial charge in [-0.25, -0.2) is 9.18 Å². The lowest BCUT2D eigenvalue weighted by atomic mass is 9.91. The number of nitrogens with one attached hydrogen (secondary N) is 1. The molecule has 0 bridgehead atoms. The van der Waals surface area contributed by atoms with E-state index in [2.05, 4.69) is 25.2 Å². The molecular weight excluding hydrogens is 293 g/mol. The Morgan fingerprint density at radius 3 is 2.65 bits per heavy atom. The second-order valence-electron chi connectivity index (χ2n) is 6.25. The van der Waals surface area contributed by atoms with Gasteiger partial charge in [-0.2, -0.15) is 0 Å². The Morgan fingerprint density at radius 1 is 1.17 bits per heavy atom. The van der Waals surface area contributed by atoms with Crippen molar-refractivity contribution in [1.29, 1.82) is 0 Å². The molecular formula is C19H18FNO2. The Morgan fingerprint density at radius 2 is 1.91 bits per heavy atom. The maximum Gasteiger partial charge on any atom is 0.346 e. The molecule has 0 fully saturated rings. The van der Waals surface area contributed by atoms with Crippen LogP contribution in [-0.2, 0) is 0 Å². The molecule has 0 saturated carbocycles. The summed E-state index contributed by atoms with van der Waals surface area (Å²) in [6.07, 6.45) is 2.15. The molecule has 23 heavy (non-hydrogen) atoms. The molecule has 4 heteroatoms. The summed E-state index contributed by atoms with van der Waals surface area (Å²) in [5, 5.41) is 3.39. The van der Waals surface area contributed by atoms with E-state index in [1.807, 2.05) is 13.0 Å². The van der Waals surface area contributed by atoms with Crippen LogP contribution >= 0.6 is 0 Å². The van der Waals surface area contributed by atoms with Gasteiger partial charge in [0.15, 0.2) is 0 Å². The lowest BCUT2D eigenvalue weighted by Crippen LogP contribution is -2.31. The Bertz CT molecular complexity index is 809. The summed E-state index contributed by atoms with van der Waals surface area (Å²) in [6.45, 7) is 6.18. The van der Waals surface area contributed by atoms with E-state index in [9.17, 15) is 9.18 Å². The second kappa shape index (κ2) is 5.54. The first-order valence-electron chi connectivity index (χ1n) is 7.44. The van der Waals surface area contributed by atoms with Gasteiger partial charge in [0.25, 0.3) is 0 Å². The van der Waals surface area contributed by atoms with Gasteiger partial charge in [0, 0.05) is 17.3 Å². The van der Waals surface area contributed by atoms with Crippen LogP contribution in [0.2, 0.25) is 0 Å². The molecule has 0 saturated heterocycles. The van der Waals surface area contributed by atoms with Crippen LogP contribution in [0.25, 0.3) is 5.57 Å². The minimum absolute atomic E-state index is 0.0745. The molecule has 0 atom stereocenters. The number of anilines is 1. The number of hydrogen-bond donors (Lipinski definition) is 1. The highest BCUT2D eigenvalue weighted by Crippen LogP contribution is 2.35. The van der Waals surface area contributed by atoms with E-state index in [0.29, 0.717) is 5.75 Å². The normalized spacial score (nSPS) is 15.2. The lowest BCUT2D eigenvalue weighted by molar-refractivity contribution is 0.0730. The van der Waals surface area contributed by atoms with E-state index >= 15 is 0 Å². The molecule has 0 amide bonds. The van der Waals surface area contributed by atoms with Crippen LogP contribution in [0.3, 0.4) is 0 Å². The number of esters is 1. The lowest BCUT2D eigenvalue weighted by Gasteiger charge is -2.31. The number of rotatable bonds is 2. The summed E-state index contributed by atoms with van der Waals surface area (Å²) in [7, 11) is 0. The van der Waals surface area contributed by atoms with Crippen molar-refractivity contribution in [2.45, 2.75) is 26.3 Å². The van der Waals surface area contributed by atoms with Gasteiger partial charge in [-0.3, -0.25) is 0 Å².